The van der Waals surface area contributed by atoms with Crippen molar-refractivity contribution in [3.05, 3.63) is 99.6 Å². The molecule has 200 valence electrons. The molecule has 0 radical (unpaired) electrons. The fraction of sp³-hybridized carbons (Fsp3) is 0.471. The summed E-state index contributed by atoms with van der Waals surface area (Å²) in [5.41, 5.74) is 11.6. The number of aromatic nitrogens is 3. The normalized spacial score (nSPS) is 21.0. The van der Waals surface area contributed by atoms with Gasteiger partial charge in [-0.2, -0.15) is 5.10 Å². The van der Waals surface area contributed by atoms with Crippen molar-refractivity contribution in [3.8, 4) is 5.82 Å². The highest BCUT2D eigenvalue weighted by molar-refractivity contribution is 5.47. The maximum absolute atomic E-state index is 5.24. The van der Waals surface area contributed by atoms with Crippen LogP contribution in [0.4, 0.5) is 0 Å². The minimum absolute atomic E-state index is 0.342. The van der Waals surface area contributed by atoms with E-state index in [1.54, 1.807) is 16.7 Å². The summed E-state index contributed by atoms with van der Waals surface area (Å²) in [5.74, 6) is 1.92. The summed E-state index contributed by atoms with van der Waals surface area (Å²) in [6.45, 7) is 11.3. The Kier molecular flexibility index (Phi) is 8.58. The molecule has 38 heavy (non-hydrogen) atoms. The van der Waals surface area contributed by atoms with Gasteiger partial charge in [0.1, 0.15) is 0 Å². The van der Waals surface area contributed by atoms with Crippen molar-refractivity contribution in [2.75, 3.05) is 13.1 Å². The number of pyridine rings is 1. The van der Waals surface area contributed by atoms with Crippen LogP contribution in [-0.2, 0) is 6.42 Å². The maximum Gasteiger partial charge on any atom is 0.153 e. The first-order valence-corrected chi connectivity index (χ1v) is 14.7. The van der Waals surface area contributed by atoms with E-state index < -0.39 is 0 Å². The molecule has 3 heterocycles. The molecule has 2 aromatic rings. The summed E-state index contributed by atoms with van der Waals surface area (Å²) in [4.78, 5) is 5.24. The lowest BCUT2D eigenvalue weighted by Gasteiger charge is -2.23. The zero-order valence-corrected chi connectivity index (χ0v) is 23.8. The van der Waals surface area contributed by atoms with Crippen LogP contribution in [0.3, 0.4) is 0 Å². The predicted molar refractivity (Wildman–Crippen MR) is 159 cm³/mol. The van der Waals surface area contributed by atoms with Gasteiger partial charge in [-0.25, -0.2) is 9.67 Å². The Hall–Kier alpha value is -2.98. The van der Waals surface area contributed by atoms with E-state index in [1.807, 2.05) is 6.20 Å². The van der Waals surface area contributed by atoms with Crippen LogP contribution in [0.1, 0.15) is 89.9 Å². The van der Waals surface area contributed by atoms with Gasteiger partial charge < -0.3 is 5.32 Å². The van der Waals surface area contributed by atoms with Crippen LogP contribution in [0.2, 0.25) is 0 Å². The van der Waals surface area contributed by atoms with Crippen LogP contribution in [0.25, 0.3) is 5.82 Å². The Morgan fingerprint density at radius 3 is 2.87 bits per heavy atom. The number of nitrogens with one attached hydrogen (secondary N) is 1. The maximum atomic E-state index is 5.24. The molecule has 0 saturated carbocycles. The lowest BCUT2D eigenvalue weighted by atomic mass is 9.84. The Morgan fingerprint density at radius 1 is 1.11 bits per heavy atom. The quantitative estimate of drug-likeness (QED) is 0.393. The third kappa shape index (κ3) is 5.86. The highest BCUT2D eigenvalue weighted by Crippen LogP contribution is 2.38. The second-order valence-corrected chi connectivity index (χ2v) is 11.4. The SMILES string of the molecule is CCC(C)Cc1ccnn1-c1cccc(C2CCC=CC(C)=C2CCC2=C(C)C3=C(C=CC2)CNCC3)n1. The molecule has 0 bridgehead atoms. The van der Waals surface area contributed by atoms with Crippen molar-refractivity contribution < 1.29 is 0 Å². The molecule has 1 N–H and O–H groups in total. The first-order chi connectivity index (χ1) is 18.5. The summed E-state index contributed by atoms with van der Waals surface area (Å²) >= 11 is 0. The first-order valence-electron chi connectivity index (χ1n) is 14.7. The molecule has 1 aliphatic heterocycles. The Labute approximate surface area is 229 Å². The molecule has 3 aliphatic rings. The number of allylic oxidation sites excluding steroid dienone is 7. The molecule has 2 aromatic heterocycles. The van der Waals surface area contributed by atoms with Crippen LogP contribution in [0.15, 0.2) is 88.2 Å². The Balaban J connectivity index is 1.41. The van der Waals surface area contributed by atoms with Gasteiger partial charge >= 0.3 is 0 Å². The highest BCUT2D eigenvalue weighted by atomic mass is 15.3. The minimum atomic E-state index is 0.342. The van der Waals surface area contributed by atoms with Crippen LogP contribution in [-0.4, -0.2) is 27.9 Å². The lowest BCUT2D eigenvalue weighted by Crippen LogP contribution is -2.24. The van der Waals surface area contributed by atoms with Gasteiger partial charge in [0.2, 0.25) is 0 Å². The molecule has 0 spiro atoms. The summed E-state index contributed by atoms with van der Waals surface area (Å²) in [6.07, 6.45) is 20.2. The highest BCUT2D eigenvalue weighted by Gasteiger charge is 2.23. The van der Waals surface area contributed by atoms with Crippen molar-refractivity contribution in [1.29, 1.82) is 0 Å². The number of hydrogen-bond donors (Lipinski definition) is 1. The largest absolute Gasteiger partial charge is 0.312 e. The van der Waals surface area contributed by atoms with Crippen molar-refractivity contribution >= 4 is 0 Å². The average Bonchev–Trinajstić information content (AvgIpc) is 3.24. The lowest BCUT2D eigenvalue weighted by molar-refractivity contribution is 0.541. The second-order valence-electron chi connectivity index (χ2n) is 11.4. The zero-order chi connectivity index (χ0) is 26.5. The average molecular weight is 509 g/mol. The van der Waals surface area contributed by atoms with Crippen molar-refractivity contribution in [2.24, 2.45) is 5.92 Å². The van der Waals surface area contributed by atoms with Gasteiger partial charge in [0.15, 0.2) is 5.82 Å². The standard InChI is InChI=1S/C34H44N4/c1-5-24(2)22-29-18-21-36-38(29)34-15-9-14-33(37-34)32-13-7-6-10-25(3)30(32)17-16-27-11-8-12-28-23-35-20-19-31(28)26(27)4/h6,8-10,12,14-15,18,21,24,32,35H,5,7,11,13,16-17,19-20,22-23H2,1-4H3. The van der Waals surface area contributed by atoms with E-state index in [-0.39, 0.29) is 0 Å². The fourth-order valence-corrected chi connectivity index (χ4v) is 6.30. The monoisotopic (exact) mass is 508 g/mol. The van der Waals surface area contributed by atoms with Crippen molar-refractivity contribution in [2.45, 2.75) is 85.0 Å². The van der Waals surface area contributed by atoms with E-state index in [4.69, 9.17) is 4.98 Å². The molecule has 0 amide bonds. The van der Waals surface area contributed by atoms with Crippen LogP contribution >= 0.6 is 0 Å². The van der Waals surface area contributed by atoms with E-state index in [0.717, 1.165) is 63.9 Å². The molecule has 2 atom stereocenters. The van der Waals surface area contributed by atoms with E-state index in [2.05, 4.69) is 91.4 Å². The summed E-state index contributed by atoms with van der Waals surface area (Å²) in [6, 6.07) is 8.66. The molecule has 5 rings (SSSR count). The number of hydrogen-bond acceptors (Lipinski definition) is 3. The zero-order valence-electron chi connectivity index (χ0n) is 23.8. The third-order valence-electron chi connectivity index (χ3n) is 8.84. The molecule has 2 aliphatic carbocycles. The molecule has 0 saturated heterocycles. The molecule has 2 unspecified atom stereocenters. The van der Waals surface area contributed by atoms with Crippen LogP contribution < -0.4 is 5.32 Å². The van der Waals surface area contributed by atoms with Crippen molar-refractivity contribution in [3.63, 3.8) is 0 Å². The molecular weight excluding hydrogens is 464 g/mol. The minimum Gasteiger partial charge on any atom is -0.312 e. The summed E-state index contributed by atoms with van der Waals surface area (Å²) in [5, 5.41) is 8.21. The summed E-state index contributed by atoms with van der Waals surface area (Å²) < 4.78 is 2.05. The van der Waals surface area contributed by atoms with Gasteiger partial charge in [-0.1, -0.05) is 67.4 Å². The predicted octanol–water partition coefficient (Wildman–Crippen LogP) is 7.95. The fourth-order valence-electron chi connectivity index (χ4n) is 6.30. The molecule has 4 nitrogen and oxygen atoms in total. The molecule has 0 aromatic carbocycles. The topological polar surface area (TPSA) is 42.7 Å². The van der Waals surface area contributed by atoms with Crippen molar-refractivity contribution in [1.82, 2.24) is 20.1 Å². The van der Waals surface area contributed by atoms with Crippen LogP contribution in [0.5, 0.6) is 0 Å². The van der Waals surface area contributed by atoms with Gasteiger partial charge in [-0.3, -0.25) is 0 Å². The molecule has 0 fully saturated rings. The summed E-state index contributed by atoms with van der Waals surface area (Å²) in [7, 11) is 0. The molecule has 4 heteroatoms. The molecular formula is C34H44N4. The van der Waals surface area contributed by atoms with E-state index >= 15 is 0 Å². The van der Waals surface area contributed by atoms with Crippen LogP contribution in [0, 0.1) is 5.92 Å². The van der Waals surface area contributed by atoms with Gasteiger partial charge in [-0.15, -0.1) is 0 Å². The Bertz CT molecular complexity index is 1300. The smallest absolute Gasteiger partial charge is 0.153 e. The number of nitrogens with zero attached hydrogens (tertiary/aromatic N) is 3. The van der Waals surface area contributed by atoms with Gasteiger partial charge in [-0.05, 0) is 106 Å². The van der Waals surface area contributed by atoms with E-state index in [9.17, 15) is 0 Å². The van der Waals surface area contributed by atoms with E-state index in [1.165, 1.54) is 34.5 Å². The first kappa shape index (κ1) is 26.6. The Morgan fingerprint density at radius 2 is 2.00 bits per heavy atom. The number of rotatable bonds is 8. The van der Waals surface area contributed by atoms with E-state index in [0.29, 0.717) is 11.8 Å². The third-order valence-corrected chi connectivity index (χ3v) is 8.84. The van der Waals surface area contributed by atoms with Gasteiger partial charge in [0.25, 0.3) is 0 Å². The second kappa shape index (κ2) is 12.3. The van der Waals surface area contributed by atoms with Gasteiger partial charge in [0, 0.05) is 24.4 Å². The van der Waals surface area contributed by atoms with Gasteiger partial charge in [0.05, 0.1) is 5.69 Å².